The number of rotatable bonds is 1. The quantitative estimate of drug-likeness (QED) is 0.298. The Morgan fingerprint density at radius 2 is 2.62 bits per heavy atom. The van der Waals surface area contributed by atoms with Crippen molar-refractivity contribution in [3.8, 4) is 0 Å². The largest absolute Gasteiger partial charge is 0.234 e. The van der Waals surface area contributed by atoms with Gasteiger partial charge in [-0.05, 0) is 10.5 Å². The van der Waals surface area contributed by atoms with Crippen molar-refractivity contribution in [1.82, 2.24) is 4.41 Å². The highest BCUT2D eigenvalue weighted by molar-refractivity contribution is 7.97. The Morgan fingerprint density at radius 3 is 2.88 bits per heavy atom. The maximum Gasteiger partial charge on any atom is 0.175 e. The van der Waals surface area contributed by atoms with Gasteiger partial charge in [0.15, 0.2) is 5.03 Å². The van der Waals surface area contributed by atoms with Crippen LogP contribution < -0.4 is 0 Å². The smallest absolute Gasteiger partial charge is 0.175 e. The van der Waals surface area contributed by atoms with Gasteiger partial charge in [-0.1, -0.05) is 0 Å². The molecule has 1 heterocycles. The lowest BCUT2D eigenvalue weighted by Crippen LogP contribution is -2.12. The lowest BCUT2D eigenvalue weighted by molar-refractivity contribution is -0.601. The molecule has 0 N–H and O–H groups in total. The van der Waals surface area contributed by atoms with Crippen LogP contribution in [0.3, 0.4) is 0 Å². The van der Waals surface area contributed by atoms with Crippen LogP contribution in [0.5, 0.6) is 0 Å². The summed E-state index contributed by atoms with van der Waals surface area (Å²) in [6, 6.07) is 0. The van der Waals surface area contributed by atoms with E-state index in [0.717, 1.165) is 4.41 Å². The van der Waals surface area contributed by atoms with E-state index in [1.807, 2.05) is 0 Å². The fourth-order valence-electron chi connectivity index (χ4n) is 0.397. The van der Waals surface area contributed by atoms with Gasteiger partial charge in [0.25, 0.3) is 0 Å². The molecule has 0 aliphatic carbocycles. The third-order valence-electron chi connectivity index (χ3n) is 0.697. The van der Waals surface area contributed by atoms with Crippen LogP contribution >= 0.6 is 11.9 Å². The summed E-state index contributed by atoms with van der Waals surface area (Å²) in [5, 5.41) is 9.41. The van der Waals surface area contributed by atoms with Crippen LogP contribution in [-0.4, -0.2) is 15.2 Å². The molecule has 0 bridgehead atoms. The van der Waals surface area contributed by atoms with Crippen molar-refractivity contribution < 1.29 is 5.03 Å². The van der Waals surface area contributed by atoms with E-state index in [2.05, 4.69) is 0 Å². The molecule has 0 spiro atoms. The average molecular weight is 132 g/mol. The second kappa shape index (κ2) is 2.04. The van der Waals surface area contributed by atoms with E-state index in [4.69, 9.17) is 0 Å². The zero-order valence-electron chi connectivity index (χ0n) is 3.98. The molecule has 0 saturated heterocycles. The average Bonchev–Trinajstić information content (AvgIpc) is 2.12. The molecule has 8 heavy (non-hydrogen) atoms. The van der Waals surface area contributed by atoms with Gasteiger partial charge in [-0.3, -0.25) is 0 Å². The molecule has 1 aliphatic rings. The van der Waals surface area contributed by atoms with Gasteiger partial charge >= 0.3 is 0 Å². The van der Waals surface area contributed by atoms with Gasteiger partial charge in [0.1, 0.15) is 0 Å². The van der Waals surface area contributed by atoms with Crippen LogP contribution in [0.4, 0.5) is 0 Å². The highest BCUT2D eigenvalue weighted by Gasteiger charge is 2.13. The van der Waals surface area contributed by atoms with Crippen molar-refractivity contribution in [2.24, 2.45) is 0 Å². The van der Waals surface area contributed by atoms with Crippen molar-refractivity contribution in [3.63, 3.8) is 0 Å². The molecular formula is C3H4N2O2S. The maximum absolute atomic E-state index is 9.86. The summed E-state index contributed by atoms with van der Waals surface area (Å²) < 4.78 is 0.986. The van der Waals surface area contributed by atoms with Gasteiger partial charge in [-0.15, -0.1) is 0 Å². The van der Waals surface area contributed by atoms with Crippen LogP contribution in [0.1, 0.15) is 0 Å². The molecule has 0 atom stereocenters. The van der Waals surface area contributed by atoms with Crippen LogP contribution in [-0.2, 0) is 0 Å². The molecule has 1 aliphatic heterocycles. The summed E-state index contributed by atoms with van der Waals surface area (Å²) in [7, 11) is 0. The number of hydrogen-bond donors (Lipinski definition) is 0. The third kappa shape index (κ3) is 0.919. The van der Waals surface area contributed by atoms with E-state index in [-0.39, 0.29) is 0 Å². The Kier molecular flexibility index (Phi) is 1.38. The second-order valence-electron chi connectivity index (χ2n) is 1.22. The lowest BCUT2D eigenvalue weighted by atomic mass is 10.7. The predicted octanol–water partition coefficient (Wildman–Crippen LogP) is 0.656. The first-order chi connectivity index (χ1) is 3.80. The first-order valence-electron chi connectivity index (χ1n) is 2.04. The van der Waals surface area contributed by atoms with E-state index in [9.17, 15) is 10.1 Å². The number of nitrogens with zero attached hydrogens (tertiary/aromatic N) is 2. The molecule has 0 unspecified atom stereocenters. The molecule has 0 aromatic carbocycles. The van der Waals surface area contributed by atoms with Crippen molar-refractivity contribution in [2.45, 2.75) is 0 Å². The van der Waals surface area contributed by atoms with Crippen molar-refractivity contribution in [2.75, 3.05) is 5.75 Å². The van der Waals surface area contributed by atoms with Crippen molar-refractivity contribution >= 4 is 11.9 Å². The van der Waals surface area contributed by atoms with Crippen LogP contribution in [0.15, 0.2) is 12.3 Å². The van der Waals surface area contributed by atoms with Crippen LogP contribution in [0.25, 0.3) is 0 Å². The lowest BCUT2D eigenvalue weighted by Gasteiger charge is -1.97. The van der Waals surface area contributed by atoms with E-state index < -0.39 is 5.03 Å². The summed E-state index contributed by atoms with van der Waals surface area (Å²) in [6.45, 7) is 0. The van der Waals surface area contributed by atoms with Gasteiger partial charge < -0.3 is 0 Å². The summed E-state index contributed by atoms with van der Waals surface area (Å²) in [6.07, 6.45) is 3.19. The molecule has 0 fully saturated rings. The monoisotopic (exact) mass is 132 g/mol. The summed E-state index contributed by atoms with van der Waals surface area (Å²) in [5.74, 6) is 0.709. The highest BCUT2D eigenvalue weighted by atomic mass is 32.2. The Balaban J connectivity index is 2.48. The van der Waals surface area contributed by atoms with Crippen molar-refractivity contribution in [3.05, 3.63) is 22.4 Å². The number of hydrazine groups is 1. The zero-order valence-corrected chi connectivity index (χ0v) is 4.80. The van der Waals surface area contributed by atoms with Crippen LogP contribution in [0.2, 0.25) is 0 Å². The molecule has 0 radical (unpaired) electrons. The summed E-state index contributed by atoms with van der Waals surface area (Å²) in [5.41, 5.74) is 0. The van der Waals surface area contributed by atoms with E-state index in [1.165, 1.54) is 18.1 Å². The topological polar surface area (TPSA) is 46.4 Å². The minimum atomic E-state index is -0.450. The number of nitro groups is 1. The van der Waals surface area contributed by atoms with Gasteiger partial charge in [-0.2, -0.15) is 0 Å². The summed E-state index contributed by atoms with van der Waals surface area (Å²) in [4.78, 5) is 9.86. The molecule has 0 aromatic heterocycles. The van der Waals surface area contributed by atoms with Gasteiger partial charge in [0.2, 0.25) is 0 Å². The molecule has 0 amide bonds. The molecule has 0 aromatic rings. The van der Waals surface area contributed by atoms with Gasteiger partial charge in [-0.25, -0.2) is 10.1 Å². The predicted molar refractivity (Wildman–Crippen MR) is 30.4 cm³/mol. The Labute approximate surface area is 50.4 Å². The third-order valence-corrected chi connectivity index (χ3v) is 1.56. The second-order valence-corrected chi connectivity index (χ2v) is 2.19. The Morgan fingerprint density at radius 1 is 1.88 bits per heavy atom. The highest BCUT2D eigenvalue weighted by Crippen LogP contribution is 2.16. The standard InChI is InChI=1S/C3H4N2O2S/c6-5(7)4-2-1-3-8-4/h1-2H,3H2. The van der Waals surface area contributed by atoms with E-state index >= 15 is 0 Å². The molecule has 4 nitrogen and oxygen atoms in total. The minimum Gasteiger partial charge on any atom is -0.234 e. The molecule has 44 valence electrons. The van der Waals surface area contributed by atoms with Gasteiger partial charge in [0, 0.05) is 17.7 Å². The first-order valence-corrected chi connectivity index (χ1v) is 2.98. The fourth-order valence-corrected chi connectivity index (χ4v) is 0.988. The molecule has 5 heteroatoms. The summed E-state index contributed by atoms with van der Waals surface area (Å²) >= 11 is 1.17. The fraction of sp³-hybridized carbons (Fsp3) is 0.333. The Hall–Kier alpha value is -0.710. The van der Waals surface area contributed by atoms with Crippen molar-refractivity contribution in [1.29, 1.82) is 0 Å². The SMILES string of the molecule is O=[N+]([O-])N1C=CCS1. The minimum absolute atomic E-state index is 0.450. The van der Waals surface area contributed by atoms with E-state index in [0.29, 0.717) is 5.75 Å². The molecule has 1 rings (SSSR count). The molecular weight excluding hydrogens is 128 g/mol. The Bertz CT molecular complexity index is 135. The number of hydrogen-bond acceptors (Lipinski definition) is 3. The molecule has 0 saturated carbocycles. The first kappa shape index (κ1) is 5.43. The normalized spacial score (nSPS) is 17.2. The van der Waals surface area contributed by atoms with E-state index in [1.54, 1.807) is 6.08 Å². The van der Waals surface area contributed by atoms with Gasteiger partial charge in [0.05, 0.1) is 6.20 Å². The maximum atomic E-state index is 9.86. The van der Waals surface area contributed by atoms with Crippen LogP contribution in [0, 0.1) is 10.1 Å². The zero-order chi connectivity index (χ0) is 5.98.